The van der Waals surface area contributed by atoms with Crippen LogP contribution in [-0.2, 0) is 15.7 Å². The fourth-order valence-electron chi connectivity index (χ4n) is 3.06. The fraction of sp³-hybridized carbons (Fsp3) is 0.579. The number of carbonyl (C=O) groups excluding carboxylic acids is 2. The number of amides is 1. The second-order valence-corrected chi connectivity index (χ2v) is 7.09. The van der Waals surface area contributed by atoms with Crippen LogP contribution in [0.1, 0.15) is 55.5 Å². The normalized spacial score (nSPS) is 17.4. The zero-order chi connectivity index (χ0) is 20.2. The van der Waals surface area contributed by atoms with Crippen molar-refractivity contribution in [1.29, 1.82) is 0 Å². The van der Waals surface area contributed by atoms with Gasteiger partial charge in [-0.2, -0.15) is 13.2 Å². The van der Waals surface area contributed by atoms with Gasteiger partial charge in [-0.3, -0.25) is 4.79 Å². The van der Waals surface area contributed by atoms with Gasteiger partial charge in [0.05, 0.1) is 12.2 Å². The van der Waals surface area contributed by atoms with Crippen LogP contribution in [0.15, 0.2) is 18.2 Å². The van der Waals surface area contributed by atoms with E-state index in [1.165, 1.54) is 4.90 Å². The molecule has 0 bridgehead atoms. The predicted octanol–water partition coefficient (Wildman–Crippen LogP) is 4.43. The minimum atomic E-state index is -4.77. The van der Waals surface area contributed by atoms with Crippen molar-refractivity contribution in [3.05, 3.63) is 35.1 Å². The van der Waals surface area contributed by atoms with Gasteiger partial charge in [0.25, 0.3) is 5.91 Å². The lowest BCUT2D eigenvalue weighted by molar-refractivity contribution is -0.148. The lowest BCUT2D eigenvalue weighted by Gasteiger charge is -2.24. The molecule has 0 spiro atoms. The molecule has 1 aromatic carbocycles. The third-order valence-corrected chi connectivity index (χ3v) is 4.43. The number of benzene rings is 1. The van der Waals surface area contributed by atoms with Crippen LogP contribution >= 0.6 is 0 Å². The first-order valence-corrected chi connectivity index (χ1v) is 8.95. The summed E-state index contributed by atoms with van der Waals surface area (Å²) in [6, 6.07) is 0.839. The summed E-state index contributed by atoms with van der Waals surface area (Å²) in [5, 5.41) is 0. The summed E-state index contributed by atoms with van der Waals surface area (Å²) in [5.74, 6) is -2.05. The van der Waals surface area contributed by atoms with Crippen LogP contribution in [0.5, 0.6) is 0 Å². The minimum absolute atomic E-state index is 0.211. The average molecular weight is 389 g/mol. The van der Waals surface area contributed by atoms with Gasteiger partial charge in [-0.25, -0.2) is 9.18 Å². The van der Waals surface area contributed by atoms with Gasteiger partial charge >= 0.3 is 12.1 Å². The zero-order valence-electron chi connectivity index (χ0n) is 15.3. The van der Waals surface area contributed by atoms with E-state index in [1.54, 1.807) is 0 Å². The fourth-order valence-corrected chi connectivity index (χ4v) is 3.06. The lowest BCUT2D eigenvalue weighted by atomic mass is 10.1. The first-order valence-electron chi connectivity index (χ1n) is 8.95. The van der Waals surface area contributed by atoms with Crippen LogP contribution in [0.3, 0.4) is 0 Å². The van der Waals surface area contributed by atoms with Crippen molar-refractivity contribution in [2.45, 2.75) is 51.7 Å². The quantitative estimate of drug-likeness (QED) is 0.411. The molecule has 1 saturated heterocycles. The number of nitrogens with zero attached hydrogens (tertiary/aromatic N) is 1. The molecule has 1 fully saturated rings. The van der Waals surface area contributed by atoms with E-state index >= 15 is 0 Å². The van der Waals surface area contributed by atoms with Crippen molar-refractivity contribution in [3.8, 4) is 0 Å². The van der Waals surface area contributed by atoms with Gasteiger partial charge in [-0.1, -0.05) is 13.8 Å². The van der Waals surface area contributed by atoms with Crippen molar-refractivity contribution in [1.82, 2.24) is 4.90 Å². The highest BCUT2D eigenvalue weighted by Crippen LogP contribution is 2.31. The maximum atomic E-state index is 13.6. The number of halogens is 4. The molecule has 27 heavy (non-hydrogen) atoms. The van der Waals surface area contributed by atoms with Crippen LogP contribution in [0, 0.1) is 11.7 Å². The van der Waals surface area contributed by atoms with Crippen molar-refractivity contribution in [2.24, 2.45) is 5.92 Å². The monoisotopic (exact) mass is 389 g/mol. The number of likely N-dealkylation sites (tertiary alicyclic amines) is 1. The molecule has 1 aliphatic rings. The van der Waals surface area contributed by atoms with E-state index in [0.29, 0.717) is 37.3 Å². The molecule has 150 valence electrons. The summed E-state index contributed by atoms with van der Waals surface area (Å²) in [4.78, 5) is 26.0. The predicted molar refractivity (Wildman–Crippen MR) is 90.5 cm³/mol. The Labute approximate surface area is 155 Å². The van der Waals surface area contributed by atoms with Crippen molar-refractivity contribution >= 4 is 11.9 Å². The van der Waals surface area contributed by atoms with Crippen LogP contribution in [-0.4, -0.2) is 36.0 Å². The number of rotatable bonds is 6. The maximum Gasteiger partial charge on any atom is 0.416 e. The summed E-state index contributed by atoms with van der Waals surface area (Å²) in [6.45, 7) is 4.54. The Bertz CT molecular complexity index is 688. The molecule has 0 N–H and O–H groups in total. The van der Waals surface area contributed by atoms with E-state index in [4.69, 9.17) is 4.74 Å². The van der Waals surface area contributed by atoms with Crippen LogP contribution in [0.2, 0.25) is 0 Å². The Morgan fingerprint density at radius 2 is 1.96 bits per heavy atom. The zero-order valence-corrected chi connectivity index (χ0v) is 15.3. The Balaban J connectivity index is 2.09. The third-order valence-electron chi connectivity index (χ3n) is 4.43. The van der Waals surface area contributed by atoms with Crippen molar-refractivity contribution in [3.63, 3.8) is 0 Å². The molecule has 1 heterocycles. The number of hydrogen-bond donors (Lipinski definition) is 0. The third kappa shape index (κ3) is 5.68. The standard InChI is InChI=1S/C19H23F4NO3/c1-12(2)5-4-8-27-18(26)16-6-3-7-24(16)17(25)13-9-14(19(21,22)23)11-15(20)10-13/h9-12,16H,3-8H2,1-2H3. The molecule has 0 radical (unpaired) electrons. The molecule has 0 aromatic heterocycles. The first-order chi connectivity index (χ1) is 12.6. The number of hydrogen-bond acceptors (Lipinski definition) is 3. The molecule has 0 saturated carbocycles. The molecule has 1 aliphatic heterocycles. The summed E-state index contributed by atoms with van der Waals surface area (Å²) in [5.41, 5.74) is -1.67. The van der Waals surface area contributed by atoms with Gasteiger partial charge in [-0.15, -0.1) is 0 Å². The lowest BCUT2D eigenvalue weighted by Crippen LogP contribution is -2.41. The van der Waals surface area contributed by atoms with E-state index in [-0.39, 0.29) is 13.2 Å². The average Bonchev–Trinajstić information content (AvgIpc) is 3.06. The van der Waals surface area contributed by atoms with Gasteiger partial charge in [0.15, 0.2) is 0 Å². The van der Waals surface area contributed by atoms with Crippen LogP contribution < -0.4 is 0 Å². The molecule has 1 unspecified atom stereocenters. The van der Waals surface area contributed by atoms with Gasteiger partial charge in [0.1, 0.15) is 11.9 Å². The van der Waals surface area contributed by atoms with E-state index in [2.05, 4.69) is 0 Å². The van der Waals surface area contributed by atoms with Gasteiger partial charge in [-0.05, 0) is 49.8 Å². The molecule has 8 heteroatoms. The van der Waals surface area contributed by atoms with E-state index in [9.17, 15) is 27.2 Å². The van der Waals surface area contributed by atoms with Crippen molar-refractivity contribution < 1.29 is 31.9 Å². The summed E-state index contributed by atoms with van der Waals surface area (Å²) in [6.07, 6.45) is -2.28. The molecule has 1 amide bonds. The van der Waals surface area contributed by atoms with Gasteiger partial charge in [0, 0.05) is 12.1 Å². The highest BCUT2D eigenvalue weighted by atomic mass is 19.4. The Morgan fingerprint density at radius 1 is 1.26 bits per heavy atom. The Kier molecular flexibility index (Phi) is 6.84. The molecular weight excluding hydrogens is 366 g/mol. The van der Waals surface area contributed by atoms with Gasteiger partial charge in [0.2, 0.25) is 0 Å². The van der Waals surface area contributed by atoms with E-state index in [1.807, 2.05) is 13.8 Å². The largest absolute Gasteiger partial charge is 0.464 e. The van der Waals surface area contributed by atoms with Crippen LogP contribution in [0.4, 0.5) is 17.6 Å². The molecule has 2 rings (SSSR count). The molecule has 4 nitrogen and oxygen atoms in total. The number of alkyl halides is 3. The second kappa shape index (κ2) is 8.71. The topological polar surface area (TPSA) is 46.6 Å². The van der Waals surface area contributed by atoms with Gasteiger partial charge < -0.3 is 9.64 Å². The minimum Gasteiger partial charge on any atom is -0.464 e. The van der Waals surface area contributed by atoms with Crippen LogP contribution in [0.25, 0.3) is 0 Å². The first kappa shape index (κ1) is 21.2. The number of ether oxygens (including phenoxy) is 1. The Morgan fingerprint density at radius 3 is 2.59 bits per heavy atom. The SMILES string of the molecule is CC(C)CCCOC(=O)C1CCCN1C(=O)c1cc(F)cc(C(F)(F)F)c1. The second-order valence-electron chi connectivity index (χ2n) is 7.09. The number of esters is 1. The van der Waals surface area contributed by atoms with Crippen molar-refractivity contribution in [2.75, 3.05) is 13.2 Å². The highest BCUT2D eigenvalue weighted by Gasteiger charge is 2.37. The number of carbonyl (C=O) groups is 2. The molecular formula is C19H23F4NO3. The summed E-state index contributed by atoms with van der Waals surface area (Å²) >= 11 is 0. The highest BCUT2D eigenvalue weighted by molar-refractivity contribution is 5.97. The van der Waals surface area contributed by atoms with E-state index in [0.717, 1.165) is 12.5 Å². The summed E-state index contributed by atoms with van der Waals surface area (Å²) < 4.78 is 57.3. The Hall–Kier alpha value is -2.12. The smallest absolute Gasteiger partial charge is 0.416 e. The molecule has 1 atom stereocenters. The summed E-state index contributed by atoms with van der Waals surface area (Å²) in [7, 11) is 0. The maximum absolute atomic E-state index is 13.6. The molecule has 1 aromatic rings. The van der Waals surface area contributed by atoms with E-state index < -0.39 is 41.0 Å². The molecule has 0 aliphatic carbocycles.